The van der Waals surface area contributed by atoms with Crippen LogP contribution in [-0.4, -0.2) is 38.8 Å². The summed E-state index contributed by atoms with van der Waals surface area (Å²) in [5, 5.41) is 2.88. The molecule has 0 aliphatic carbocycles. The lowest BCUT2D eigenvalue weighted by molar-refractivity contribution is -0.116. The number of nitrogens with one attached hydrogen (secondary N) is 1. The molecule has 3 aromatic carbocycles. The minimum absolute atomic E-state index is 0.135. The molecule has 0 bridgehead atoms. The second kappa shape index (κ2) is 11.1. The number of anilines is 1. The summed E-state index contributed by atoms with van der Waals surface area (Å²) >= 11 is 0. The van der Waals surface area contributed by atoms with Crippen LogP contribution >= 0.6 is 0 Å². The Kier molecular flexibility index (Phi) is 8.25. The Bertz CT molecular complexity index is 1190. The minimum Gasteiger partial charge on any atom is -0.496 e. The van der Waals surface area contributed by atoms with Crippen LogP contribution < -0.4 is 10.1 Å². The summed E-state index contributed by atoms with van der Waals surface area (Å²) in [5.41, 5.74) is 3.41. The topological polar surface area (TPSA) is 75.7 Å². The van der Waals surface area contributed by atoms with Crippen LogP contribution in [0.25, 0.3) is 0 Å². The third-order valence-corrected chi connectivity index (χ3v) is 7.33. The molecule has 3 aromatic rings. The molecule has 0 atom stereocenters. The van der Waals surface area contributed by atoms with Gasteiger partial charge in [-0.3, -0.25) is 4.79 Å². The highest BCUT2D eigenvalue weighted by Crippen LogP contribution is 2.24. The summed E-state index contributed by atoms with van der Waals surface area (Å²) in [4.78, 5) is 13.0. The molecular formula is C26H30N2O4S. The Morgan fingerprint density at radius 2 is 1.70 bits per heavy atom. The van der Waals surface area contributed by atoms with E-state index >= 15 is 0 Å². The summed E-state index contributed by atoms with van der Waals surface area (Å²) in [6, 6.07) is 21.9. The zero-order chi connectivity index (χ0) is 23.8. The maximum absolute atomic E-state index is 13.5. The number of nitrogens with zero attached hydrogens (tertiary/aromatic N) is 1. The van der Waals surface area contributed by atoms with E-state index in [9.17, 15) is 13.2 Å². The molecule has 0 fully saturated rings. The van der Waals surface area contributed by atoms with Gasteiger partial charge in [-0.1, -0.05) is 55.5 Å². The Labute approximate surface area is 196 Å². The van der Waals surface area contributed by atoms with Gasteiger partial charge in [-0.05, 0) is 60.7 Å². The minimum atomic E-state index is -3.90. The molecule has 1 N–H and O–H groups in total. The molecule has 33 heavy (non-hydrogen) atoms. The third kappa shape index (κ3) is 6.21. The van der Waals surface area contributed by atoms with Crippen LogP contribution in [0.15, 0.2) is 77.7 Å². The van der Waals surface area contributed by atoms with Gasteiger partial charge in [0, 0.05) is 12.2 Å². The van der Waals surface area contributed by atoms with E-state index in [1.807, 2.05) is 61.5 Å². The van der Waals surface area contributed by atoms with Crippen molar-refractivity contribution in [2.75, 3.05) is 25.5 Å². The Morgan fingerprint density at radius 1 is 1.00 bits per heavy atom. The van der Waals surface area contributed by atoms with Crippen molar-refractivity contribution in [3.05, 3.63) is 89.5 Å². The van der Waals surface area contributed by atoms with Crippen LogP contribution in [0.4, 0.5) is 5.69 Å². The first kappa shape index (κ1) is 24.5. The number of carbonyl (C=O) groups excluding carboxylic acids is 1. The first-order valence-electron chi connectivity index (χ1n) is 10.9. The quantitative estimate of drug-likeness (QED) is 0.479. The van der Waals surface area contributed by atoms with Crippen molar-refractivity contribution >= 4 is 21.6 Å². The monoisotopic (exact) mass is 466 g/mol. The average Bonchev–Trinajstić information content (AvgIpc) is 2.82. The molecule has 0 aliphatic rings. The molecular weight excluding hydrogens is 436 g/mol. The van der Waals surface area contributed by atoms with Crippen molar-refractivity contribution in [1.82, 2.24) is 4.31 Å². The molecule has 1 amide bonds. The maximum Gasteiger partial charge on any atom is 0.243 e. The lowest BCUT2D eigenvalue weighted by Gasteiger charge is -2.23. The van der Waals surface area contributed by atoms with E-state index in [-0.39, 0.29) is 23.9 Å². The predicted octanol–water partition coefficient (Wildman–Crippen LogP) is 4.44. The number of hydrogen-bond acceptors (Lipinski definition) is 4. The lowest BCUT2D eigenvalue weighted by Crippen LogP contribution is -2.39. The smallest absolute Gasteiger partial charge is 0.243 e. The molecule has 0 aromatic heterocycles. The van der Waals surface area contributed by atoms with Gasteiger partial charge in [0.1, 0.15) is 5.75 Å². The second-order valence-electron chi connectivity index (χ2n) is 7.76. The first-order valence-corrected chi connectivity index (χ1v) is 12.4. The largest absolute Gasteiger partial charge is 0.496 e. The number of rotatable bonds is 10. The normalized spacial score (nSPS) is 11.4. The molecule has 6 nitrogen and oxygen atoms in total. The van der Waals surface area contributed by atoms with E-state index in [1.54, 1.807) is 26.2 Å². The molecule has 3 rings (SSSR count). The third-order valence-electron chi connectivity index (χ3n) is 5.49. The van der Waals surface area contributed by atoms with Crippen molar-refractivity contribution in [3.8, 4) is 5.75 Å². The van der Waals surface area contributed by atoms with Crippen LogP contribution in [0.1, 0.15) is 23.6 Å². The number of para-hydroxylation sites is 1. The molecule has 0 saturated carbocycles. The molecule has 0 heterocycles. The van der Waals surface area contributed by atoms with Crippen molar-refractivity contribution in [2.24, 2.45) is 0 Å². The molecule has 7 heteroatoms. The Morgan fingerprint density at radius 3 is 2.36 bits per heavy atom. The number of sulfonamides is 1. The zero-order valence-corrected chi connectivity index (χ0v) is 20.1. The van der Waals surface area contributed by atoms with Crippen LogP contribution in [0, 0.1) is 6.92 Å². The predicted molar refractivity (Wildman–Crippen MR) is 131 cm³/mol. The van der Waals surface area contributed by atoms with Crippen molar-refractivity contribution in [1.29, 1.82) is 0 Å². The van der Waals surface area contributed by atoms with Gasteiger partial charge < -0.3 is 10.1 Å². The molecule has 0 spiro atoms. The van der Waals surface area contributed by atoms with Gasteiger partial charge in [0.25, 0.3) is 0 Å². The number of hydrogen-bond donors (Lipinski definition) is 1. The van der Waals surface area contributed by atoms with Crippen LogP contribution in [-0.2, 0) is 27.7 Å². The average molecular weight is 467 g/mol. The van der Waals surface area contributed by atoms with E-state index < -0.39 is 10.0 Å². The van der Waals surface area contributed by atoms with E-state index in [0.717, 1.165) is 17.5 Å². The van der Waals surface area contributed by atoms with Gasteiger partial charge in [-0.2, -0.15) is 4.31 Å². The van der Waals surface area contributed by atoms with Gasteiger partial charge in [0.2, 0.25) is 15.9 Å². The number of aryl methyl sites for hydroxylation is 2. The van der Waals surface area contributed by atoms with Gasteiger partial charge >= 0.3 is 0 Å². The fourth-order valence-corrected chi connectivity index (χ4v) is 5.13. The van der Waals surface area contributed by atoms with Gasteiger partial charge in [0.05, 0.1) is 18.6 Å². The number of carbonyl (C=O) groups is 1. The van der Waals surface area contributed by atoms with Gasteiger partial charge in [-0.25, -0.2) is 8.42 Å². The van der Waals surface area contributed by atoms with Crippen LogP contribution in [0.3, 0.4) is 0 Å². The van der Waals surface area contributed by atoms with E-state index in [4.69, 9.17) is 4.74 Å². The van der Waals surface area contributed by atoms with Crippen molar-refractivity contribution < 1.29 is 17.9 Å². The van der Waals surface area contributed by atoms with Crippen LogP contribution in [0.2, 0.25) is 0 Å². The molecule has 174 valence electrons. The lowest BCUT2D eigenvalue weighted by atomic mass is 10.1. The van der Waals surface area contributed by atoms with E-state index in [0.29, 0.717) is 23.4 Å². The Balaban J connectivity index is 1.86. The highest BCUT2D eigenvalue weighted by molar-refractivity contribution is 7.89. The molecule has 0 unspecified atom stereocenters. The number of ether oxygens (including phenoxy) is 1. The van der Waals surface area contributed by atoms with Gasteiger partial charge in [0.15, 0.2) is 0 Å². The summed E-state index contributed by atoms with van der Waals surface area (Å²) in [7, 11) is -2.36. The molecule has 0 saturated heterocycles. The van der Waals surface area contributed by atoms with Gasteiger partial charge in [-0.15, -0.1) is 0 Å². The fourth-order valence-electron chi connectivity index (χ4n) is 3.64. The zero-order valence-electron chi connectivity index (χ0n) is 19.2. The van der Waals surface area contributed by atoms with Crippen molar-refractivity contribution in [3.63, 3.8) is 0 Å². The fraction of sp³-hybridized carbons (Fsp3) is 0.269. The highest BCUT2D eigenvalue weighted by atomic mass is 32.2. The first-order chi connectivity index (χ1) is 15.8. The van der Waals surface area contributed by atoms with Crippen LogP contribution in [0.5, 0.6) is 5.75 Å². The number of methoxy groups -OCH3 is 1. The SMILES string of the molecule is CCc1ccccc1NC(=O)CN(CCc1ccccc1)S(=O)(=O)c1ccc(OC)c(C)c1. The standard InChI is InChI=1S/C26H30N2O4S/c1-4-22-12-8-9-13-24(22)27-26(29)19-28(17-16-21-10-6-5-7-11-21)33(30,31)23-14-15-25(32-3)20(2)18-23/h5-15,18H,4,16-17,19H2,1-3H3,(H,27,29). The summed E-state index contributed by atoms with van der Waals surface area (Å²) in [6.45, 7) is 3.70. The highest BCUT2D eigenvalue weighted by Gasteiger charge is 2.27. The number of benzene rings is 3. The van der Waals surface area contributed by atoms with Crippen molar-refractivity contribution in [2.45, 2.75) is 31.6 Å². The summed E-state index contributed by atoms with van der Waals surface area (Å²) in [5.74, 6) is 0.233. The number of amides is 1. The summed E-state index contributed by atoms with van der Waals surface area (Å²) in [6.07, 6.45) is 1.26. The molecule has 0 radical (unpaired) electrons. The van der Waals surface area contributed by atoms with E-state index in [1.165, 1.54) is 10.4 Å². The Hall–Kier alpha value is -3.16. The molecule has 0 aliphatic heterocycles. The second-order valence-corrected chi connectivity index (χ2v) is 9.70. The summed E-state index contributed by atoms with van der Waals surface area (Å²) < 4.78 is 33.5. The van der Waals surface area contributed by atoms with E-state index in [2.05, 4.69) is 5.32 Å². The maximum atomic E-state index is 13.5.